The number of benzene rings is 1. The summed E-state index contributed by atoms with van der Waals surface area (Å²) in [7, 11) is 0. The Morgan fingerprint density at radius 3 is 2.80 bits per heavy atom. The molecule has 0 bridgehead atoms. The summed E-state index contributed by atoms with van der Waals surface area (Å²) in [5.41, 5.74) is 0.918. The maximum absolute atomic E-state index is 11.5. The van der Waals surface area contributed by atoms with Gasteiger partial charge in [0.05, 0.1) is 12.3 Å². The van der Waals surface area contributed by atoms with E-state index in [1.807, 2.05) is 24.3 Å². The van der Waals surface area contributed by atoms with Gasteiger partial charge in [0.15, 0.2) is 5.11 Å². The van der Waals surface area contributed by atoms with Crippen molar-refractivity contribution in [2.24, 2.45) is 0 Å². The average molecular weight is 406 g/mol. The van der Waals surface area contributed by atoms with Crippen LogP contribution in [0.3, 0.4) is 0 Å². The largest absolute Gasteiger partial charge is 0.464 e. The molecule has 1 aromatic carbocycles. The zero-order valence-electron chi connectivity index (χ0n) is 11.4. The first-order valence-electron chi connectivity index (χ1n) is 6.58. The van der Waals surface area contributed by atoms with Crippen LogP contribution in [0.25, 0.3) is 0 Å². The summed E-state index contributed by atoms with van der Waals surface area (Å²) in [4.78, 5) is 11.5. The number of halogens is 1. The number of ether oxygens (including phenoxy) is 1. The fourth-order valence-corrected chi connectivity index (χ4v) is 2.17. The second-order valence-electron chi connectivity index (χ2n) is 4.22. The van der Waals surface area contributed by atoms with E-state index in [1.54, 1.807) is 0 Å². The van der Waals surface area contributed by atoms with E-state index in [1.165, 1.54) is 0 Å². The molecule has 0 aliphatic rings. The molecule has 2 N–H and O–H groups in total. The number of hydrogen-bond donors (Lipinski definition) is 2. The van der Waals surface area contributed by atoms with Gasteiger partial charge in [0, 0.05) is 3.57 Å². The highest BCUT2D eigenvalue weighted by Gasteiger charge is 2.05. The van der Waals surface area contributed by atoms with Crippen LogP contribution >= 0.6 is 34.8 Å². The van der Waals surface area contributed by atoms with Crippen LogP contribution in [0.5, 0.6) is 0 Å². The van der Waals surface area contributed by atoms with Crippen LogP contribution in [0.4, 0.5) is 5.69 Å². The Balaban J connectivity index is 2.23. The summed E-state index contributed by atoms with van der Waals surface area (Å²) in [6.07, 6.45) is 3.10. The zero-order chi connectivity index (χ0) is 14.8. The lowest BCUT2D eigenvalue weighted by molar-refractivity contribution is -0.142. The Morgan fingerprint density at radius 1 is 1.35 bits per heavy atom. The molecule has 0 radical (unpaired) electrons. The van der Waals surface area contributed by atoms with E-state index >= 15 is 0 Å². The zero-order valence-corrected chi connectivity index (χ0v) is 14.4. The van der Waals surface area contributed by atoms with E-state index < -0.39 is 0 Å². The minimum absolute atomic E-state index is 0.0847. The number of esters is 1. The van der Waals surface area contributed by atoms with Crippen LogP contribution in [-0.2, 0) is 9.53 Å². The van der Waals surface area contributed by atoms with Gasteiger partial charge in [-0.15, -0.1) is 0 Å². The maximum Gasteiger partial charge on any atom is 0.325 e. The van der Waals surface area contributed by atoms with Crippen molar-refractivity contribution in [2.75, 3.05) is 18.5 Å². The molecule has 0 heterocycles. The van der Waals surface area contributed by atoms with Gasteiger partial charge in [0.1, 0.15) is 6.54 Å². The van der Waals surface area contributed by atoms with E-state index in [0.717, 1.165) is 28.5 Å². The Kier molecular flexibility index (Phi) is 8.52. The van der Waals surface area contributed by atoms with Crippen LogP contribution < -0.4 is 10.6 Å². The van der Waals surface area contributed by atoms with E-state index in [2.05, 4.69) is 40.1 Å². The standard InChI is InChI=1S/C14H19IN2O2S/c1-2-3-6-9-19-13(18)10-16-14(20)17-12-8-5-4-7-11(12)15/h4-5,7-8H,2-3,6,9-10H2,1H3,(H2,16,17,20). The fraction of sp³-hybridized carbons (Fsp3) is 0.429. The van der Waals surface area contributed by atoms with Gasteiger partial charge < -0.3 is 15.4 Å². The van der Waals surface area contributed by atoms with Gasteiger partial charge in [0.25, 0.3) is 0 Å². The minimum Gasteiger partial charge on any atom is -0.464 e. The third-order valence-electron chi connectivity index (χ3n) is 2.53. The van der Waals surface area contributed by atoms with E-state index in [4.69, 9.17) is 17.0 Å². The molecule has 6 heteroatoms. The van der Waals surface area contributed by atoms with Crippen molar-refractivity contribution in [3.05, 3.63) is 27.8 Å². The van der Waals surface area contributed by atoms with Crippen molar-refractivity contribution in [3.8, 4) is 0 Å². The highest BCUT2D eigenvalue weighted by Crippen LogP contribution is 2.16. The summed E-state index contributed by atoms with van der Waals surface area (Å²) in [5, 5.41) is 6.30. The van der Waals surface area contributed by atoms with Crippen molar-refractivity contribution >= 4 is 51.6 Å². The third-order valence-corrected chi connectivity index (χ3v) is 3.71. The van der Waals surface area contributed by atoms with Crippen molar-refractivity contribution in [3.63, 3.8) is 0 Å². The minimum atomic E-state index is -0.284. The van der Waals surface area contributed by atoms with Gasteiger partial charge >= 0.3 is 5.97 Å². The molecule has 0 atom stereocenters. The monoisotopic (exact) mass is 406 g/mol. The van der Waals surface area contributed by atoms with Crippen LogP contribution in [-0.4, -0.2) is 24.2 Å². The lowest BCUT2D eigenvalue weighted by Crippen LogP contribution is -2.34. The molecular formula is C14H19IN2O2S. The maximum atomic E-state index is 11.5. The Hall–Kier alpha value is -0.890. The first-order valence-corrected chi connectivity index (χ1v) is 8.07. The van der Waals surface area contributed by atoms with Crippen LogP contribution in [0.15, 0.2) is 24.3 Å². The number of unbranched alkanes of at least 4 members (excludes halogenated alkanes) is 2. The predicted molar refractivity (Wildman–Crippen MR) is 93.9 cm³/mol. The van der Waals surface area contributed by atoms with Gasteiger partial charge in [0.2, 0.25) is 0 Å². The topological polar surface area (TPSA) is 50.4 Å². The molecule has 20 heavy (non-hydrogen) atoms. The number of anilines is 1. The molecule has 0 fully saturated rings. The normalized spacial score (nSPS) is 9.90. The molecule has 110 valence electrons. The lowest BCUT2D eigenvalue weighted by Gasteiger charge is -2.11. The van der Waals surface area contributed by atoms with Crippen molar-refractivity contribution in [1.29, 1.82) is 0 Å². The first kappa shape index (κ1) is 17.2. The quantitative estimate of drug-likeness (QED) is 0.315. The molecule has 0 aliphatic carbocycles. The van der Waals surface area contributed by atoms with Crippen molar-refractivity contribution in [2.45, 2.75) is 26.2 Å². The van der Waals surface area contributed by atoms with Crippen molar-refractivity contribution in [1.82, 2.24) is 5.32 Å². The SMILES string of the molecule is CCCCCOC(=O)CNC(=S)Nc1ccccc1I. The Labute approximate surface area is 138 Å². The number of thiocarbonyl (C=S) groups is 1. The highest BCUT2D eigenvalue weighted by atomic mass is 127. The summed E-state index contributed by atoms with van der Waals surface area (Å²) >= 11 is 7.35. The van der Waals surface area contributed by atoms with Crippen molar-refractivity contribution < 1.29 is 9.53 Å². The molecule has 0 aliphatic heterocycles. The molecule has 0 saturated heterocycles. The van der Waals surface area contributed by atoms with Crippen LogP contribution in [0, 0.1) is 3.57 Å². The van der Waals surface area contributed by atoms with Gasteiger partial charge in [-0.05, 0) is 53.4 Å². The molecule has 0 spiro atoms. The van der Waals surface area contributed by atoms with E-state index in [9.17, 15) is 4.79 Å². The summed E-state index contributed by atoms with van der Waals surface area (Å²) in [5.74, 6) is -0.284. The second kappa shape index (κ2) is 9.93. The average Bonchev–Trinajstić information content (AvgIpc) is 2.44. The molecule has 4 nitrogen and oxygen atoms in total. The van der Waals surface area contributed by atoms with E-state index in [0.29, 0.717) is 11.7 Å². The number of rotatable bonds is 7. The van der Waals surface area contributed by atoms with Gasteiger partial charge in [-0.3, -0.25) is 4.79 Å². The summed E-state index contributed by atoms with van der Waals surface area (Å²) in [6, 6.07) is 7.79. The third kappa shape index (κ3) is 7.04. The smallest absolute Gasteiger partial charge is 0.325 e. The van der Waals surface area contributed by atoms with Gasteiger partial charge in [-0.2, -0.15) is 0 Å². The number of carbonyl (C=O) groups is 1. The van der Waals surface area contributed by atoms with Crippen LogP contribution in [0.2, 0.25) is 0 Å². The second-order valence-corrected chi connectivity index (χ2v) is 5.79. The van der Waals surface area contributed by atoms with E-state index in [-0.39, 0.29) is 12.5 Å². The number of para-hydroxylation sites is 1. The Bertz CT molecular complexity index is 455. The molecular weight excluding hydrogens is 387 g/mol. The number of nitrogens with one attached hydrogen (secondary N) is 2. The summed E-state index contributed by atoms with van der Waals surface area (Å²) in [6.45, 7) is 2.67. The number of carbonyl (C=O) groups excluding carboxylic acids is 1. The Morgan fingerprint density at radius 2 is 2.10 bits per heavy atom. The predicted octanol–water partition coefficient (Wildman–Crippen LogP) is 3.31. The van der Waals surface area contributed by atoms with Crippen LogP contribution in [0.1, 0.15) is 26.2 Å². The molecule has 0 aromatic heterocycles. The highest BCUT2D eigenvalue weighted by molar-refractivity contribution is 14.1. The molecule has 0 unspecified atom stereocenters. The molecule has 0 saturated carbocycles. The fourth-order valence-electron chi connectivity index (χ4n) is 1.47. The van der Waals surface area contributed by atoms with Gasteiger partial charge in [-0.25, -0.2) is 0 Å². The van der Waals surface area contributed by atoms with Gasteiger partial charge in [-0.1, -0.05) is 31.9 Å². The molecule has 1 rings (SSSR count). The first-order chi connectivity index (χ1) is 9.63. The molecule has 1 aromatic rings. The molecule has 0 amide bonds. The lowest BCUT2D eigenvalue weighted by atomic mass is 10.3. The summed E-state index contributed by atoms with van der Waals surface area (Å²) < 4.78 is 6.14. The number of hydrogen-bond acceptors (Lipinski definition) is 3.